The highest BCUT2D eigenvalue weighted by Gasteiger charge is 2.34. The van der Waals surface area contributed by atoms with E-state index in [0.717, 1.165) is 40.7 Å². The average molecular weight is 688 g/mol. The Morgan fingerprint density at radius 1 is 0.608 bits per heavy atom. The maximum absolute atomic E-state index is 12.0. The lowest BCUT2D eigenvalue weighted by Gasteiger charge is -2.35. The number of phenolic OH excluding ortho intramolecular Hbond substituents is 5. The summed E-state index contributed by atoms with van der Waals surface area (Å²) in [5.74, 6) is -1.48. The van der Waals surface area contributed by atoms with Gasteiger partial charge in [0.15, 0.2) is 5.78 Å². The summed E-state index contributed by atoms with van der Waals surface area (Å²) in [7, 11) is 0. The average Bonchev–Trinajstić information content (AvgIpc) is 3.48. The largest absolute Gasteiger partial charge is 0.508 e. The molecule has 6 rings (SSSR count). The van der Waals surface area contributed by atoms with Crippen molar-refractivity contribution in [2.45, 2.75) is 65.7 Å². The number of aromatic nitrogens is 3. The number of benzene rings is 5. The minimum Gasteiger partial charge on any atom is -0.508 e. The first-order valence-electron chi connectivity index (χ1n) is 16.7. The number of carbonyl (C=O) groups is 1. The minimum atomic E-state index is -0.606. The Morgan fingerprint density at radius 2 is 1.10 bits per heavy atom. The Balaban J connectivity index is 0.000000236. The van der Waals surface area contributed by atoms with E-state index >= 15 is 0 Å². The molecule has 264 valence electrons. The fraction of sp³-hybridized carbons (Fsp3) is 0.262. The first kappa shape index (κ1) is 36.5. The first-order chi connectivity index (χ1) is 23.9. The van der Waals surface area contributed by atoms with E-state index in [-0.39, 0.29) is 50.7 Å². The SMILES string of the molecule is CC(C)(C)CC(C)(C)c1cc(-n2nc3ccccc3n2)c(O)c(C(C)(C)c2ccccc2)c1.O=C(c1ccc(O)cc1O)c1ccc(O)cc1O. The van der Waals surface area contributed by atoms with Gasteiger partial charge in [-0.15, -0.1) is 15.0 Å². The predicted octanol–water partition coefficient (Wildman–Crippen LogP) is 8.91. The van der Waals surface area contributed by atoms with Crippen LogP contribution in [-0.4, -0.2) is 46.3 Å². The van der Waals surface area contributed by atoms with E-state index in [1.807, 2.05) is 42.5 Å². The van der Waals surface area contributed by atoms with Gasteiger partial charge in [-0.25, -0.2) is 0 Å². The molecule has 0 atom stereocenters. The van der Waals surface area contributed by atoms with Gasteiger partial charge in [0.05, 0.1) is 11.1 Å². The zero-order chi connectivity index (χ0) is 37.3. The molecular weight excluding hydrogens is 642 g/mol. The summed E-state index contributed by atoms with van der Waals surface area (Å²) in [5.41, 5.74) is 4.99. The maximum Gasteiger partial charge on any atom is 0.200 e. The monoisotopic (exact) mass is 687 g/mol. The smallest absolute Gasteiger partial charge is 0.200 e. The van der Waals surface area contributed by atoms with Gasteiger partial charge in [-0.1, -0.05) is 97.0 Å². The van der Waals surface area contributed by atoms with Gasteiger partial charge in [-0.3, -0.25) is 4.79 Å². The first-order valence-corrected chi connectivity index (χ1v) is 16.7. The molecule has 0 radical (unpaired) electrons. The van der Waals surface area contributed by atoms with E-state index in [2.05, 4.69) is 82.9 Å². The summed E-state index contributed by atoms with van der Waals surface area (Å²) in [4.78, 5) is 13.6. The second kappa shape index (κ2) is 13.8. The Bertz CT molecular complexity index is 2110. The molecule has 0 aliphatic heterocycles. The molecule has 0 aliphatic rings. The lowest BCUT2D eigenvalue weighted by Crippen LogP contribution is -2.27. The van der Waals surface area contributed by atoms with Crippen LogP contribution in [0.1, 0.15) is 87.5 Å². The topological polar surface area (TPSA) is 149 Å². The molecule has 0 saturated carbocycles. The molecule has 0 fully saturated rings. The fourth-order valence-electron chi connectivity index (χ4n) is 6.61. The quantitative estimate of drug-likeness (QED) is 0.105. The van der Waals surface area contributed by atoms with Crippen LogP contribution in [0.15, 0.2) is 103 Å². The van der Waals surface area contributed by atoms with Gasteiger partial charge in [0.1, 0.15) is 45.5 Å². The summed E-state index contributed by atoms with van der Waals surface area (Å²) in [6.45, 7) is 15.7. The van der Waals surface area contributed by atoms with Gasteiger partial charge >= 0.3 is 0 Å². The summed E-state index contributed by atoms with van der Waals surface area (Å²) in [6.07, 6.45) is 1.00. The summed E-state index contributed by atoms with van der Waals surface area (Å²) in [6, 6.07) is 29.5. The van der Waals surface area contributed by atoms with Gasteiger partial charge < -0.3 is 25.5 Å². The van der Waals surface area contributed by atoms with Crippen molar-refractivity contribution in [2.75, 3.05) is 0 Å². The van der Waals surface area contributed by atoms with Crippen LogP contribution < -0.4 is 0 Å². The summed E-state index contributed by atoms with van der Waals surface area (Å²) >= 11 is 0. The third kappa shape index (κ3) is 7.99. The van der Waals surface area contributed by atoms with Crippen molar-refractivity contribution in [3.8, 4) is 34.4 Å². The Labute approximate surface area is 298 Å². The molecule has 0 spiro atoms. The van der Waals surface area contributed by atoms with Gasteiger partial charge in [0, 0.05) is 23.1 Å². The molecule has 9 nitrogen and oxygen atoms in total. The summed E-state index contributed by atoms with van der Waals surface area (Å²) < 4.78 is 0. The van der Waals surface area contributed by atoms with Gasteiger partial charge in [0.25, 0.3) is 0 Å². The third-order valence-corrected chi connectivity index (χ3v) is 8.97. The molecule has 6 aromatic rings. The zero-order valence-corrected chi connectivity index (χ0v) is 30.0. The molecule has 0 aliphatic carbocycles. The van der Waals surface area contributed by atoms with Crippen LogP contribution >= 0.6 is 0 Å². The highest BCUT2D eigenvalue weighted by atomic mass is 16.3. The number of phenols is 5. The Morgan fingerprint density at radius 3 is 1.57 bits per heavy atom. The van der Waals surface area contributed by atoms with E-state index < -0.39 is 11.2 Å². The van der Waals surface area contributed by atoms with Crippen LogP contribution in [0.5, 0.6) is 28.7 Å². The lowest BCUT2D eigenvalue weighted by molar-refractivity contribution is 0.103. The number of hydrogen-bond acceptors (Lipinski definition) is 8. The van der Waals surface area contributed by atoms with Gasteiger partial charge in [0.2, 0.25) is 0 Å². The molecular formula is C42H45N3O6. The summed E-state index contributed by atoms with van der Waals surface area (Å²) in [5, 5.41) is 58.3. The molecule has 5 aromatic carbocycles. The molecule has 51 heavy (non-hydrogen) atoms. The molecule has 0 unspecified atom stereocenters. The lowest BCUT2D eigenvalue weighted by atomic mass is 9.70. The fourth-order valence-corrected chi connectivity index (χ4v) is 6.61. The van der Waals surface area contributed by atoms with E-state index in [4.69, 9.17) is 10.2 Å². The molecule has 5 N–H and O–H groups in total. The normalized spacial score (nSPS) is 12.0. The van der Waals surface area contributed by atoms with Crippen LogP contribution in [0.3, 0.4) is 0 Å². The second-order valence-corrected chi connectivity index (χ2v) is 15.2. The molecule has 1 heterocycles. The van der Waals surface area contributed by atoms with Crippen molar-refractivity contribution in [2.24, 2.45) is 5.41 Å². The molecule has 0 bridgehead atoms. The van der Waals surface area contributed by atoms with E-state index in [9.17, 15) is 20.1 Å². The van der Waals surface area contributed by atoms with Crippen LogP contribution in [-0.2, 0) is 10.8 Å². The van der Waals surface area contributed by atoms with Crippen molar-refractivity contribution in [1.29, 1.82) is 0 Å². The van der Waals surface area contributed by atoms with Gasteiger partial charge in [-0.2, -0.15) is 0 Å². The Kier molecular flexibility index (Phi) is 9.88. The second-order valence-electron chi connectivity index (χ2n) is 15.2. The predicted molar refractivity (Wildman–Crippen MR) is 199 cm³/mol. The van der Waals surface area contributed by atoms with Crippen molar-refractivity contribution in [3.63, 3.8) is 0 Å². The zero-order valence-electron chi connectivity index (χ0n) is 30.0. The molecule has 0 saturated heterocycles. The third-order valence-electron chi connectivity index (χ3n) is 8.97. The number of carbonyl (C=O) groups excluding carboxylic acids is 1. The number of nitrogens with zero attached hydrogens (tertiary/aromatic N) is 3. The highest BCUT2D eigenvalue weighted by Crippen LogP contribution is 2.45. The van der Waals surface area contributed by atoms with E-state index in [0.29, 0.717) is 5.69 Å². The minimum absolute atomic E-state index is 0.0474. The van der Waals surface area contributed by atoms with Crippen LogP contribution in [0.25, 0.3) is 16.7 Å². The van der Waals surface area contributed by atoms with E-state index in [1.54, 1.807) is 4.80 Å². The number of rotatable bonds is 7. The van der Waals surface area contributed by atoms with E-state index in [1.165, 1.54) is 29.8 Å². The molecule has 0 amide bonds. The highest BCUT2D eigenvalue weighted by molar-refractivity contribution is 6.12. The Hall–Kier alpha value is -5.83. The van der Waals surface area contributed by atoms with Gasteiger partial charge in [-0.05, 0) is 70.8 Å². The van der Waals surface area contributed by atoms with Crippen molar-refractivity contribution >= 4 is 16.8 Å². The van der Waals surface area contributed by atoms with Crippen molar-refractivity contribution in [1.82, 2.24) is 15.0 Å². The van der Waals surface area contributed by atoms with Crippen LogP contribution in [0, 0.1) is 5.41 Å². The number of aromatic hydroxyl groups is 5. The molecule has 9 heteroatoms. The number of hydrogen-bond donors (Lipinski definition) is 5. The number of fused-ring (bicyclic) bond motifs is 1. The maximum atomic E-state index is 12.0. The standard InChI is InChI=1S/C29H35N3O.C13H10O5/c1-27(2,3)19-28(4,5)21-17-22(29(6,7)20-13-9-8-10-14-20)26(33)25(18-21)32-30-23-15-11-12-16-24(23)31-32;14-7-1-3-9(11(16)5-7)13(18)10-4-2-8(15)6-12(10)17/h8-18,33H,19H2,1-7H3;1-6,14-17H. The molecule has 1 aromatic heterocycles. The number of ketones is 1. The van der Waals surface area contributed by atoms with Crippen molar-refractivity contribution in [3.05, 3.63) is 131 Å². The van der Waals surface area contributed by atoms with Crippen molar-refractivity contribution < 1.29 is 30.3 Å². The van der Waals surface area contributed by atoms with Crippen LogP contribution in [0.4, 0.5) is 0 Å². The van der Waals surface area contributed by atoms with Crippen LogP contribution in [0.2, 0.25) is 0 Å².